The van der Waals surface area contributed by atoms with E-state index in [1.807, 2.05) is 0 Å². The van der Waals surface area contributed by atoms with Gasteiger partial charge in [-0.25, -0.2) is 8.78 Å². The molecule has 0 saturated carbocycles. The van der Waals surface area contributed by atoms with Gasteiger partial charge in [-0.2, -0.15) is 0 Å². The van der Waals surface area contributed by atoms with Crippen molar-refractivity contribution in [2.45, 2.75) is 11.8 Å². The first-order valence-electron chi connectivity index (χ1n) is 3.07. The van der Waals surface area contributed by atoms with Crippen LogP contribution in [-0.2, 0) is 11.1 Å². The molecule has 1 rings (SSSR count). The van der Waals surface area contributed by atoms with Crippen molar-refractivity contribution in [3.05, 3.63) is 29.3 Å². The van der Waals surface area contributed by atoms with Crippen LogP contribution >= 0.6 is 0 Å². The minimum Gasteiger partial charge on any atom is -0.768 e. The third kappa shape index (κ3) is 1.67. The Labute approximate surface area is 70.5 Å². The van der Waals surface area contributed by atoms with Crippen molar-refractivity contribution in [3.63, 3.8) is 0 Å². The lowest BCUT2D eigenvalue weighted by atomic mass is 10.2. The van der Waals surface area contributed by atoms with Gasteiger partial charge in [-0.1, -0.05) is 0 Å². The summed E-state index contributed by atoms with van der Waals surface area (Å²) in [5.41, 5.74) is 0.0849. The van der Waals surface area contributed by atoms with E-state index in [9.17, 15) is 17.5 Å². The molecule has 2 nitrogen and oxygen atoms in total. The van der Waals surface area contributed by atoms with E-state index in [4.69, 9.17) is 0 Å². The lowest BCUT2D eigenvalue weighted by Gasteiger charge is -2.07. The van der Waals surface area contributed by atoms with Gasteiger partial charge in [0.2, 0.25) is 0 Å². The fourth-order valence-corrected chi connectivity index (χ4v) is 1.17. The molecule has 0 amide bonds. The highest BCUT2D eigenvalue weighted by atomic mass is 32.2. The molecule has 1 aromatic carbocycles. The van der Waals surface area contributed by atoms with Gasteiger partial charge < -0.3 is 4.55 Å². The number of hydrogen-bond donors (Lipinski definition) is 0. The fraction of sp³-hybridized carbons (Fsp3) is 0.143. The molecule has 0 aliphatic heterocycles. The largest absolute Gasteiger partial charge is 0.768 e. The highest BCUT2D eigenvalue weighted by Gasteiger charge is 2.06. The van der Waals surface area contributed by atoms with Crippen LogP contribution in [0.15, 0.2) is 17.0 Å². The number of halogens is 2. The predicted octanol–water partition coefficient (Wildman–Crippen LogP) is 1.51. The zero-order valence-corrected chi connectivity index (χ0v) is 6.95. The summed E-state index contributed by atoms with van der Waals surface area (Å²) in [6, 6.07) is 1.51. The standard InChI is InChI=1S/C7H6F2O2S/c1-4-2-6(9)7(12(10)11)3-5(4)8/h2-3H,1H3,(H,10,11)/p-1. The van der Waals surface area contributed by atoms with Crippen LogP contribution in [0.1, 0.15) is 5.56 Å². The monoisotopic (exact) mass is 191 g/mol. The number of benzene rings is 1. The average molecular weight is 191 g/mol. The Morgan fingerprint density at radius 2 is 1.92 bits per heavy atom. The molecule has 66 valence electrons. The van der Waals surface area contributed by atoms with Crippen molar-refractivity contribution in [2.24, 2.45) is 0 Å². The summed E-state index contributed by atoms with van der Waals surface area (Å²) in [6.07, 6.45) is 0. The smallest absolute Gasteiger partial charge is 0.138 e. The van der Waals surface area contributed by atoms with Gasteiger partial charge in [0.15, 0.2) is 0 Å². The van der Waals surface area contributed by atoms with E-state index in [0.717, 1.165) is 6.07 Å². The van der Waals surface area contributed by atoms with Gasteiger partial charge in [-0.05, 0) is 35.7 Å². The van der Waals surface area contributed by atoms with E-state index < -0.39 is 27.6 Å². The summed E-state index contributed by atoms with van der Waals surface area (Å²) in [7, 11) is 0. The molecule has 1 atom stereocenters. The number of aryl methyl sites for hydroxylation is 1. The average Bonchev–Trinajstić information content (AvgIpc) is 1.96. The van der Waals surface area contributed by atoms with Gasteiger partial charge in [-0.3, -0.25) is 4.21 Å². The van der Waals surface area contributed by atoms with Gasteiger partial charge in [0.1, 0.15) is 11.6 Å². The molecule has 1 unspecified atom stereocenters. The van der Waals surface area contributed by atoms with Gasteiger partial charge in [0, 0.05) is 0 Å². The summed E-state index contributed by atoms with van der Waals surface area (Å²) in [6.45, 7) is 1.36. The molecule has 0 aliphatic rings. The van der Waals surface area contributed by atoms with E-state index in [1.54, 1.807) is 0 Å². The fourth-order valence-electron chi connectivity index (χ4n) is 0.756. The molecule has 0 radical (unpaired) electrons. The first-order chi connectivity index (χ1) is 5.52. The van der Waals surface area contributed by atoms with E-state index in [1.165, 1.54) is 6.92 Å². The highest BCUT2D eigenvalue weighted by Crippen LogP contribution is 2.16. The van der Waals surface area contributed by atoms with Gasteiger partial charge in [-0.15, -0.1) is 0 Å². The quantitative estimate of drug-likeness (QED) is 0.631. The van der Waals surface area contributed by atoms with E-state index in [0.29, 0.717) is 6.07 Å². The Balaban J connectivity index is 3.33. The van der Waals surface area contributed by atoms with Crippen LogP contribution in [0.25, 0.3) is 0 Å². The minimum atomic E-state index is -2.72. The molecule has 0 aliphatic carbocycles. The molecule has 5 heteroatoms. The highest BCUT2D eigenvalue weighted by molar-refractivity contribution is 7.79. The molecule has 0 aromatic heterocycles. The summed E-state index contributed by atoms with van der Waals surface area (Å²) >= 11 is -2.72. The van der Waals surface area contributed by atoms with Gasteiger partial charge in [0.25, 0.3) is 0 Å². The van der Waals surface area contributed by atoms with Crippen LogP contribution in [0.4, 0.5) is 8.78 Å². The van der Waals surface area contributed by atoms with Crippen molar-refractivity contribution in [2.75, 3.05) is 0 Å². The molecule has 0 heterocycles. The van der Waals surface area contributed by atoms with Crippen LogP contribution in [0.5, 0.6) is 0 Å². The second kappa shape index (κ2) is 3.28. The van der Waals surface area contributed by atoms with Gasteiger partial charge in [0.05, 0.1) is 4.90 Å². The Hall–Kier alpha value is -0.810. The van der Waals surface area contributed by atoms with Crippen molar-refractivity contribution < 1.29 is 17.5 Å². The summed E-state index contributed by atoms with van der Waals surface area (Å²) < 4.78 is 46.0. The maximum absolute atomic E-state index is 12.7. The minimum absolute atomic E-state index is 0.0849. The summed E-state index contributed by atoms with van der Waals surface area (Å²) in [5.74, 6) is -1.65. The first kappa shape index (κ1) is 9.28. The van der Waals surface area contributed by atoms with Crippen LogP contribution in [-0.4, -0.2) is 8.76 Å². The SMILES string of the molecule is Cc1cc(F)c(S(=O)[O-])cc1F. The number of rotatable bonds is 1. The first-order valence-corrected chi connectivity index (χ1v) is 4.15. The molecule has 0 saturated heterocycles. The Bertz CT molecular complexity index is 338. The van der Waals surface area contributed by atoms with E-state index >= 15 is 0 Å². The Morgan fingerprint density at radius 3 is 2.42 bits per heavy atom. The third-order valence-electron chi connectivity index (χ3n) is 1.39. The van der Waals surface area contributed by atoms with Gasteiger partial charge >= 0.3 is 0 Å². The van der Waals surface area contributed by atoms with Crippen molar-refractivity contribution in [3.8, 4) is 0 Å². The molecular formula is C7H5F2O2S-. The van der Waals surface area contributed by atoms with Crippen LogP contribution in [0.3, 0.4) is 0 Å². The second-order valence-corrected chi connectivity index (χ2v) is 3.18. The van der Waals surface area contributed by atoms with Crippen molar-refractivity contribution in [1.82, 2.24) is 0 Å². The summed E-state index contributed by atoms with van der Waals surface area (Å²) in [4.78, 5) is -0.641. The predicted molar refractivity (Wildman–Crippen MR) is 38.3 cm³/mol. The van der Waals surface area contributed by atoms with Crippen molar-refractivity contribution in [1.29, 1.82) is 0 Å². The zero-order chi connectivity index (χ0) is 9.30. The number of hydrogen-bond acceptors (Lipinski definition) is 2. The Morgan fingerprint density at radius 1 is 1.33 bits per heavy atom. The molecule has 0 bridgehead atoms. The van der Waals surface area contributed by atoms with Crippen LogP contribution < -0.4 is 0 Å². The molecule has 0 spiro atoms. The molecule has 0 N–H and O–H groups in total. The molecular weight excluding hydrogens is 186 g/mol. The van der Waals surface area contributed by atoms with Crippen LogP contribution in [0.2, 0.25) is 0 Å². The van der Waals surface area contributed by atoms with Crippen LogP contribution in [0, 0.1) is 18.6 Å². The molecule has 1 aromatic rings. The lowest BCUT2D eigenvalue weighted by Crippen LogP contribution is -1.96. The normalized spacial score (nSPS) is 13.0. The third-order valence-corrected chi connectivity index (χ3v) is 2.06. The topological polar surface area (TPSA) is 40.1 Å². The Kier molecular flexibility index (Phi) is 2.54. The van der Waals surface area contributed by atoms with Crippen molar-refractivity contribution >= 4 is 11.1 Å². The summed E-state index contributed by atoms with van der Waals surface area (Å²) in [5, 5.41) is 0. The van der Waals surface area contributed by atoms with E-state index in [2.05, 4.69) is 0 Å². The lowest BCUT2D eigenvalue weighted by molar-refractivity contribution is 0.516. The maximum Gasteiger partial charge on any atom is 0.138 e. The molecule has 12 heavy (non-hydrogen) atoms. The molecule has 0 fully saturated rings. The second-order valence-electron chi connectivity index (χ2n) is 2.27. The zero-order valence-electron chi connectivity index (χ0n) is 6.14. The maximum atomic E-state index is 12.7. The van der Waals surface area contributed by atoms with E-state index in [-0.39, 0.29) is 5.56 Å².